The lowest BCUT2D eigenvalue weighted by atomic mass is 10.0. The van der Waals surface area contributed by atoms with Crippen molar-refractivity contribution in [2.24, 2.45) is 5.92 Å². The van der Waals surface area contributed by atoms with E-state index >= 15 is 0 Å². The van der Waals surface area contributed by atoms with Gasteiger partial charge in [0.25, 0.3) is 0 Å². The highest BCUT2D eigenvalue weighted by Gasteiger charge is 2.26. The molecule has 0 saturated heterocycles. The highest BCUT2D eigenvalue weighted by molar-refractivity contribution is 6.03. The van der Waals surface area contributed by atoms with Gasteiger partial charge in [-0.3, -0.25) is 9.59 Å². The predicted octanol–water partition coefficient (Wildman–Crippen LogP) is 5.48. The Labute approximate surface area is 218 Å². The molecule has 0 radical (unpaired) electrons. The molecule has 0 aromatic heterocycles. The Hall–Kier alpha value is -4.19. The first kappa shape index (κ1) is 27.4. The number of carbonyl (C=O) groups is 3. The van der Waals surface area contributed by atoms with Gasteiger partial charge in [-0.15, -0.1) is 0 Å². The van der Waals surface area contributed by atoms with Gasteiger partial charge in [0, 0.05) is 5.57 Å². The van der Waals surface area contributed by atoms with E-state index in [0.29, 0.717) is 6.42 Å². The second-order valence-electron chi connectivity index (χ2n) is 9.15. The van der Waals surface area contributed by atoms with E-state index < -0.39 is 23.9 Å². The molecule has 1 amide bonds. The zero-order chi connectivity index (χ0) is 26.5. The molecule has 0 aliphatic carbocycles. The predicted molar refractivity (Wildman–Crippen MR) is 143 cm³/mol. The van der Waals surface area contributed by atoms with Crippen molar-refractivity contribution in [2.45, 2.75) is 45.9 Å². The molecular formula is C31H33NO5. The van der Waals surface area contributed by atoms with E-state index in [1.54, 1.807) is 6.08 Å². The van der Waals surface area contributed by atoms with E-state index in [1.807, 2.05) is 105 Å². The molecule has 0 heterocycles. The topological polar surface area (TPSA) is 81.7 Å². The first-order valence-electron chi connectivity index (χ1n) is 12.4. The third kappa shape index (κ3) is 9.76. The number of rotatable bonds is 12. The summed E-state index contributed by atoms with van der Waals surface area (Å²) in [4.78, 5) is 38.9. The molecule has 0 aliphatic rings. The van der Waals surface area contributed by atoms with Gasteiger partial charge in [-0.25, -0.2) is 4.79 Å². The van der Waals surface area contributed by atoms with E-state index in [2.05, 4.69) is 5.32 Å². The highest BCUT2D eigenvalue weighted by Crippen LogP contribution is 2.15. The summed E-state index contributed by atoms with van der Waals surface area (Å²) in [6.07, 6.45) is 1.80. The van der Waals surface area contributed by atoms with Crippen LogP contribution in [0, 0.1) is 5.92 Å². The van der Waals surface area contributed by atoms with Gasteiger partial charge in [0.15, 0.2) is 0 Å². The Morgan fingerprint density at radius 2 is 1.27 bits per heavy atom. The Morgan fingerprint density at radius 1 is 0.757 bits per heavy atom. The minimum Gasteiger partial charge on any atom is -0.461 e. The zero-order valence-electron chi connectivity index (χ0n) is 21.3. The van der Waals surface area contributed by atoms with Crippen LogP contribution < -0.4 is 5.32 Å². The summed E-state index contributed by atoms with van der Waals surface area (Å²) in [7, 11) is 0. The van der Waals surface area contributed by atoms with Crippen molar-refractivity contribution in [1.82, 2.24) is 5.32 Å². The summed E-state index contributed by atoms with van der Waals surface area (Å²) >= 11 is 0. The highest BCUT2D eigenvalue weighted by atomic mass is 16.5. The van der Waals surface area contributed by atoms with Gasteiger partial charge >= 0.3 is 11.9 Å². The van der Waals surface area contributed by atoms with E-state index in [-0.39, 0.29) is 31.1 Å². The van der Waals surface area contributed by atoms with E-state index in [9.17, 15) is 14.4 Å². The quantitative estimate of drug-likeness (QED) is 0.264. The maximum Gasteiger partial charge on any atom is 0.328 e. The van der Waals surface area contributed by atoms with Crippen molar-refractivity contribution in [3.63, 3.8) is 0 Å². The molecule has 1 atom stereocenters. The molecule has 0 fully saturated rings. The van der Waals surface area contributed by atoms with E-state index in [0.717, 1.165) is 16.7 Å². The van der Waals surface area contributed by atoms with Crippen molar-refractivity contribution in [3.8, 4) is 0 Å². The lowest BCUT2D eigenvalue weighted by molar-refractivity contribution is -0.149. The summed E-state index contributed by atoms with van der Waals surface area (Å²) in [6, 6.07) is 27.1. The molecule has 3 aromatic rings. The van der Waals surface area contributed by atoms with Gasteiger partial charge in [-0.2, -0.15) is 0 Å². The molecule has 0 unspecified atom stereocenters. The molecule has 0 spiro atoms. The summed E-state index contributed by atoms with van der Waals surface area (Å²) in [6.45, 7) is 4.15. The Morgan fingerprint density at radius 3 is 1.81 bits per heavy atom. The molecule has 3 rings (SSSR count). The van der Waals surface area contributed by atoms with E-state index in [1.165, 1.54) is 0 Å². The maximum atomic E-state index is 13.3. The number of nitrogens with one attached hydrogen (secondary N) is 1. The minimum atomic E-state index is -0.851. The number of hydrogen-bond acceptors (Lipinski definition) is 5. The molecule has 0 bridgehead atoms. The maximum absolute atomic E-state index is 13.3. The number of esters is 2. The molecule has 3 aromatic carbocycles. The average molecular weight is 500 g/mol. The van der Waals surface area contributed by atoms with Crippen LogP contribution in [0.2, 0.25) is 0 Å². The summed E-state index contributed by atoms with van der Waals surface area (Å²) < 4.78 is 10.9. The normalized spacial score (nSPS) is 12.0. The van der Waals surface area contributed by atoms with Crippen molar-refractivity contribution < 1.29 is 23.9 Å². The number of hydrogen-bond donors (Lipinski definition) is 1. The fourth-order valence-electron chi connectivity index (χ4n) is 3.66. The molecule has 0 aliphatic heterocycles. The van der Waals surface area contributed by atoms with Crippen LogP contribution in [-0.4, -0.2) is 23.9 Å². The largest absolute Gasteiger partial charge is 0.461 e. The number of carbonyl (C=O) groups excluding carboxylic acids is 3. The molecule has 6 heteroatoms. The lowest BCUT2D eigenvalue weighted by Gasteiger charge is -2.20. The monoisotopic (exact) mass is 499 g/mol. The average Bonchev–Trinajstić information content (AvgIpc) is 2.91. The molecule has 1 N–H and O–H groups in total. The van der Waals surface area contributed by atoms with Crippen molar-refractivity contribution >= 4 is 23.9 Å². The van der Waals surface area contributed by atoms with Crippen LogP contribution >= 0.6 is 0 Å². The third-order valence-electron chi connectivity index (χ3n) is 5.53. The van der Waals surface area contributed by atoms with Crippen LogP contribution in [0.3, 0.4) is 0 Å². The van der Waals surface area contributed by atoms with Crippen molar-refractivity contribution in [1.29, 1.82) is 0 Å². The molecule has 6 nitrogen and oxygen atoms in total. The summed E-state index contributed by atoms with van der Waals surface area (Å²) in [5.74, 6) is -1.43. The number of benzene rings is 3. The molecule has 192 valence electrons. The van der Waals surface area contributed by atoms with Gasteiger partial charge in [-0.1, -0.05) is 105 Å². The SMILES string of the molecule is CC(C)C[C@H](NC(=O)C(=Cc1ccccc1)CC(=O)OCc1ccccc1)C(=O)OCc1ccccc1. The van der Waals surface area contributed by atoms with Crippen LogP contribution in [0.25, 0.3) is 6.08 Å². The van der Waals surface area contributed by atoms with Gasteiger partial charge in [0.1, 0.15) is 19.3 Å². The van der Waals surface area contributed by atoms with Crippen LogP contribution in [0.5, 0.6) is 0 Å². The fraction of sp³-hybridized carbons (Fsp3) is 0.258. The van der Waals surface area contributed by atoms with Crippen molar-refractivity contribution in [3.05, 3.63) is 113 Å². The molecule has 0 saturated carbocycles. The van der Waals surface area contributed by atoms with Crippen LogP contribution in [-0.2, 0) is 37.1 Å². The van der Waals surface area contributed by atoms with Gasteiger partial charge in [-0.05, 0) is 35.1 Å². The second-order valence-corrected chi connectivity index (χ2v) is 9.15. The smallest absolute Gasteiger partial charge is 0.328 e. The van der Waals surface area contributed by atoms with E-state index in [4.69, 9.17) is 9.47 Å². The Balaban J connectivity index is 1.71. The standard InChI is InChI=1S/C31H33NO5/c1-23(2)18-28(31(35)37-22-26-16-10-5-11-17-26)32-30(34)27(19-24-12-6-3-7-13-24)20-29(33)36-21-25-14-8-4-9-15-25/h3-17,19,23,28H,18,20-22H2,1-2H3,(H,32,34)/t28-/m0/s1. The summed E-state index contributed by atoms with van der Waals surface area (Å²) in [5, 5.41) is 2.79. The fourth-order valence-corrected chi connectivity index (χ4v) is 3.66. The zero-order valence-corrected chi connectivity index (χ0v) is 21.3. The first-order valence-corrected chi connectivity index (χ1v) is 12.4. The van der Waals surface area contributed by atoms with Crippen molar-refractivity contribution in [2.75, 3.05) is 0 Å². The van der Waals surface area contributed by atoms with Crippen LogP contribution in [0.15, 0.2) is 96.6 Å². The molecule has 37 heavy (non-hydrogen) atoms. The van der Waals surface area contributed by atoms with Crippen LogP contribution in [0.4, 0.5) is 0 Å². The summed E-state index contributed by atoms with van der Waals surface area (Å²) in [5.41, 5.74) is 2.67. The van der Waals surface area contributed by atoms with Gasteiger partial charge in [0.05, 0.1) is 6.42 Å². The van der Waals surface area contributed by atoms with Gasteiger partial charge < -0.3 is 14.8 Å². The Bertz CT molecular complexity index is 1170. The van der Waals surface area contributed by atoms with Gasteiger partial charge in [0.2, 0.25) is 5.91 Å². The third-order valence-corrected chi connectivity index (χ3v) is 5.53. The minimum absolute atomic E-state index is 0.113. The second kappa shape index (κ2) is 14.4. The Kier molecular flexibility index (Phi) is 10.7. The lowest BCUT2D eigenvalue weighted by Crippen LogP contribution is -2.43. The number of ether oxygens (including phenoxy) is 2. The van der Waals surface area contributed by atoms with Crippen LogP contribution in [0.1, 0.15) is 43.4 Å². The first-order chi connectivity index (χ1) is 17.9. The molecular weight excluding hydrogens is 466 g/mol. The number of amides is 1.